The van der Waals surface area contributed by atoms with Crippen molar-refractivity contribution in [2.24, 2.45) is 5.92 Å². The summed E-state index contributed by atoms with van der Waals surface area (Å²) in [6.07, 6.45) is 6.94. The predicted octanol–water partition coefficient (Wildman–Crippen LogP) is 3.41. The first kappa shape index (κ1) is 18.9. The Labute approximate surface area is 160 Å². The van der Waals surface area contributed by atoms with Gasteiger partial charge in [-0.2, -0.15) is 0 Å². The fraction of sp³-hybridized carbons (Fsp3) is 0.500. The summed E-state index contributed by atoms with van der Waals surface area (Å²) in [7, 11) is 4.11. The number of nitrogens with zero attached hydrogens (tertiary/aromatic N) is 3. The minimum atomic E-state index is 0.0632. The standard InChI is InChI=1S/C20H28N4OS/c1-23(2)18(19-6-4-12-26-19)15-22-20(25)24-10-7-16(8-11-24)13-17-5-3-9-21-14-17/h3-6,9,12,14,16,18H,7-8,10-11,13,15H2,1-2H3,(H,22,25)/t18-/m0/s1. The van der Waals surface area contributed by atoms with E-state index in [1.54, 1.807) is 11.3 Å². The van der Waals surface area contributed by atoms with Crippen LogP contribution in [-0.4, -0.2) is 54.5 Å². The number of piperidine rings is 1. The van der Waals surface area contributed by atoms with E-state index in [2.05, 4.69) is 52.9 Å². The molecule has 0 radical (unpaired) electrons. The van der Waals surface area contributed by atoms with E-state index < -0.39 is 0 Å². The molecule has 1 saturated heterocycles. The Morgan fingerprint density at radius 2 is 2.15 bits per heavy atom. The van der Waals surface area contributed by atoms with Crippen molar-refractivity contribution < 1.29 is 4.79 Å². The van der Waals surface area contributed by atoms with E-state index in [9.17, 15) is 4.79 Å². The molecule has 1 aliphatic rings. The molecule has 1 atom stereocenters. The molecule has 2 aromatic heterocycles. The molecule has 0 aliphatic carbocycles. The molecule has 1 aliphatic heterocycles. The zero-order valence-corrected chi connectivity index (χ0v) is 16.4. The van der Waals surface area contributed by atoms with Crippen LogP contribution in [0.5, 0.6) is 0 Å². The van der Waals surface area contributed by atoms with Gasteiger partial charge in [-0.15, -0.1) is 11.3 Å². The van der Waals surface area contributed by atoms with Crippen LogP contribution in [0.1, 0.15) is 29.3 Å². The van der Waals surface area contributed by atoms with Crippen LogP contribution in [0.25, 0.3) is 0 Å². The normalized spacial score (nSPS) is 16.7. The SMILES string of the molecule is CN(C)[C@@H](CNC(=O)N1CCC(Cc2cccnc2)CC1)c1cccs1. The molecule has 0 spiro atoms. The van der Waals surface area contributed by atoms with E-state index in [-0.39, 0.29) is 12.1 Å². The Kier molecular flexibility index (Phi) is 6.63. The molecule has 140 valence electrons. The Morgan fingerprint density at radius 3 is 2.77 bits per heavy atom. The number of aromatic nitrogens is 1. The Hall–Kier alpha value is -1.92. The van der Waals surface area contributed by atoms with Crippen molar-refractivity contribution in [2.45, 2.75) is 25.3 Å². The van der Waals surface area contributed by atoms with E-state index in [0.29, 0.717) is 12.5 Å². The summed E-state index contributed by atoms with van der Waals surface area (Å²) < 4.78 is 0. The molecule has 1 fully saturated rings. The molecule has 2 amide bonds. The van der Waals surface area contributed by atoms with Crippen LogP contribution in [0.3, 0.4) is 0 Å². The third-order valence-electron chi connectivity index (χ3n) is 5.09. The van der Waals surface area contributed by atoms with Gasteiger partial charge in [0.1, 0.15) is 0 Å². The molecule has 6 heteroatoms. The van der Waals surface area contributed by atoms with Crippen LogP contribution in [0.2, 0.25) is 0 Å². The quantitative estimate of drug-likeness (QED) is 0.845. The van der Waals surface area contributed by atoms with Crippen molar-refractivity contribution in [3.63, 3.8) is 0 Å². The average Bonchev–Trinajstić information content (AvgIpc) is 3.17. The van der Waals surface area contributed by atoms with Crippen molar-refractivity contribution in [3.05, 3.63) is 52.5 Å². The van der Waals surface area contributed by atoms with Crippen LogP contribution >= 0.6 is 11.3 Å². The van der Waals surface area contributed by atoms with E-state index in [0.717, 1.165) is 32.4 Å². The fourth-order valence-corrected chi connectivity index (χ4v) is 4.43. The zero-order chi connectivity index (χ0) is 18.4. The summed E-state index contributed by atoms with van der Waals surface area (Å²) in [5, 5.41) is 5.21. The van der Waals surface area contributed by atoms with Gasteiger partial charge in [-0.05, 0) is 62.4 Å². The molecule has 5 nitrogen and oxygen atoms in total. The van der Waals surface area contributed by atoms with Crippen LogP contribution in [-0.2, 0) is 6.42 Å². The number of likely N-dealkylation sites (tertiary alicyclic amines) is 1. The van der Waals surface area contributed by atoms with Crippen LogP contribution in [0.4, 0.5) is 4.79 Å². The Morgan fingerprint density at radius 1 is 1.35 bits per heavy atom. The molecule has 26 heavy (non-hydrogen) atoms. The number of pyridine rings is 1. The molecule has 2 aromatic rings. The minimum Gasteiger partial charge on any atom is -0.336 e. The van der Waals surface area contributed by atoms with Crippen molar-refractivity contribution in [3.8, 4) is 0 Å². The lowest BCUT2D eigenvalue weighted by Gasteiger charge is -2.33. The second-order valence-electron chi connectivity index (χ2n) is 7.18. The van der Waals surface area contributed by atoms with Crippen molar-refractivity contribution in [2.75, 3.05) is 33.7 Å². The first-order chi connectivity index (χ1) is 12.6. The van der Waals surface area contributed by atoms with Crippen molar-refractivity contribution >= 4 is 17.4 Å². The van der Waals surface area contributed by atoms with Gasteiger partial charge in [0.15, 0.2) is 0 Å². The van der Waals surface area contributed by atoms with Gasteiger partial charge in [0.05, 0.1) is 6.04 Å². The Bertz CT molecular complexity index is 666. The number of carbonyl (C=O) groups excluding carboxylic acids is 1. The van der Waals surface area contributed by atoms with Gasteiger partial charge in [-0.1, -0.05) is 12.1 Å². The molecular weight excluding hydrogens is 344 g/mol. The van der Waals surface area contributed by atoms with Crippen LogP contribution in [0, 0.1) is 5.92 Å². The lowest BCUT2D eigenvalue weighted by atomic mass is 9.91. The monoisotopic (exact) mass is 372 g/mol. The van der Waals surface area contributed by atoms with Crippen LogP contribution < -0.4 is 5.32 Å². The number of hydrogen-bond donors (Lipinski definition) is 1. The molecule has 3 rings (SSSR count). The van der Waals surface area contributed by atoms with Crippen molar-refractivity contribution in [1.29, 1.82) is 0 Å². The maximum Gasteiger partial charge on any atom is 0.317 e. The van der Waals surface area contributed by atoms with Crippen LogP contribution in [0.15, 0.2) is 42.0 Å². The minimum absolute atomic E-state index is 0.0632. The summed E-state index contributed by atoms with van der Waals surface area (Å²) in [6, 6.07) is 8.61. The van der Waals surface area contributed by atoms with Gasteiger partial charge >= 0.3 is 6.03 Å². The molecule has 1 N–H and O–H groups in total. The third kappa shape index (κ3) is 5.05. The molecule has 3 heterocycles. The molecule has 0 aromatic carbocycles. The summed E-state index contributed by atoms with van der Waals surface area (Å²) in [6.45, 7) is 2.31. The average molecular weight is 373 g/mol. The predicted molar refractivity (Wildman–Crippen MR) is 106 cm³/mol. The topological polar surface area (TPSA) is 48.5 Å². The zero-order valence-electron chi connectivity index (χ0n) is 15.6. The summed E-state index contributed by atoms with van der Waals surface area (Å²) in [5.41, 5.74) is 1.29. The summed E-state index contributed by atoms with van der Waals surface area (Å²) in [4.78, 5) is 22.1. The van der Waals surface area contributed by atoms with E-state index in [1.807, 2.05) is 23.4 Å². The van der Waals surface area contributed by atoms with Gasteiger partial charge in [0.2, 0.25) is 0 Å². The second kappa shape index (κ2) is 9.14. The highest BCUT2D eigenvalue weighted by Crippen LogP contribution is 2.23. The molecule has 0 saturated carbocycles. The maximum absolute atomic E-state index is 12.5. The number of hydrogen-bond acceptors (Lipinski definition) is 4. The highest BCUT2D eigenvalue weighted by atomic mass is 32.1. The summed E-state index contributed by atoms with van der Waals surface area (Å²) >= 11 is 1.74. The number of likely N-dealkylation sites (N-methyl/N-ethyl adjacent to an activating group) is 1. The number of thiophene rings is 1. The van der Waals surface area contributed by atoms with Gasteiger partial charge in [0, 0.05) is 36.9 Å². The number of nitrogens with one attached hydrogen (secondary N) is 1. The number of carbonyl (C=O) groups is 1. The van der Waals surface area contributed by atoms with E-state index in [1.165, 1.54) is 10.4 Å². The molecule has 0 bridgehead atoms. The van der Waals surface area contributed by atoms with Gasteiger partial charge in [-0.25, -0.2) is 4.79 Å². The van der Waals surface area contributed by atoms with E-state index in [4.69, 9.17) is 0 Å². The summed E-state index contributed by atoms with van der Waals surface area (Å²) in [5.74, 6) is 0.642. The first-order valence-electron chi connectivity index (χ1n) is 9.25. The van der Waals surface area contributed by atoms with E-state index >= 15 is 0 Å². The second-order valence-corrected chi connectivity index (χ2v) is 8.16. The Balaban J connectivity index is 1.45. The molecule has 0 unspecified atom stereocenters. The number of amides is 2. The van der Waals surface area contributed by atoms with Gasteiger partial charge in [0.25, 0.3) is 0 Å². The number of rotatable bonds is 6. The largest absolute Gasteiger partial charge is 0.336 e. The molecular formula is C20H28N4OS. The lowest BCUT2D eigenvalue weighted by Crippen LogP contribution is -2.46. The van der Waals surface area contributed by atoms with Gasteiger partial charge < -0.3 is 15.1 Å². The van der Waals surface area contributed by atoms with Crippen molar-refractivity contribution in [1.82, 2.24) is 20.1 Å². The maximum atomic E-state index is 12.5. The van der Waals surface area contributed by atoms with Gasteiger partial charge in [-0.3, -0.25) is 4.98 Å². The highest BCUT2D eigenvalue weighted by molar-refractivity contribution is 7.10. The smallest absolute Gasteiger partial charge is 0.317 e. The lowest BCUT2D eigenvalue weighted by molar-refractivity contribution is 0.167. The number of urea groups is 1. The fourth-order valence-electron chi connectivity index (χ4n) is 3.51. The first-order valence-corrected chi connectivity index (χ1v) is 10.1. The highest BCUT2D eigenvalue weighted by Gasteiger charge is 2.24. The third-order valence-corrected chi connectivity index (χ3v) is 6.06.